The topological polar surface area (TPSA) is 41.1 Å². The van der Waals surface area contributed by atoms with Crippen LogP contribution in [0, 0.1) is 5.92 Å². The van der Waals surface area contributed by atoms with Crippen LogP contribution in [-0.2, 0) is 4.79 Å². The molecule has 0 bridgehead atoms. The van der Waals surface area contributed by atoms with Gasteiger partial charge in [-0.2, -0.15) is 0 Å². The number of hydrogen-bond acceptors (Lipinski definition) is 2. The first-order valence-corrected chi connectivity index (χ1v) is 7.74. The fourth-order valence-corrected chi connectivity index (χ4v) is 3.56. The van der Waals surface area contributed by atoms with Crippen molar-refractivity contribution in [1.29, 1.82) is 0 Å². The molecule has 2 atom stereocenters. The highest BCUT2D eigenvalue weighted by Gasteiger charge is 2.40. The highest BCUT2D eigenvalue weighted by atomic mass is 16.2. The van der Waals surface area contributed by atoms with E-state index in [9.17, 15) is 4.79 Å². The Bertz CT molecular complexity index is 278. The molecule has 1 unspecified atom stereocenters. The molecule has 1 saturated heterocycles. The first kappa shape index (κ1) is 13.9. The fraction of sp³-hybridized carbons (Fsp3) is 0.933. The summed E-state index contributed by atoms with van der Waals surface area (Å²) in [5, 5.41) is 6.70. The summed E-state index contributed by atoms with van der Waals surface area (Å²) < 4.78 is 0. The zero-order valence-electron chi connectivity index (χ0n) is 11.9. The monoisotopic (exact) mass is 252 g/mol. The van der Waals surface area contributed by atoms with Crippen LogP contribution in [0.3, 0.4) is 0 Å². The molecule has 1 aliphatic carbocycles. The van der Waals surface area contributed by atoms with Crippen molar-refractivity contribution in [2.75, 3.05) is 6.54 Å². The number of hydrogen-bond donors (Lipinski definition) is 2. The molecule has 1 aliphatic heterocycles. The maximum atomic E-state index is 12.5. The van der Waals surface area contributed by atoms with E-state index in [0.717, 1.165) is 25.8 Å². The lowest BCUT2D eigenvalue weighted by atomic mass is 9.84. The summed E-state index contributed by atoms with van der Waals surface area (Å²) in [6.07, 6.45) is 9.63. The first-order valence-electron chi connectivity index (χ1n) is 7.74. The molecule has 0 aromatic heterocycles. The molecule has 1 saturated carbocycles. The van der Waals surface area contributed by atoms with Crippen molar-refractivity contribution in [2.45, 2.75) is 76.8 Å². The van der Waals surface area contributed by atoms with E-state index in [1.165, 1.54) is 32.1 Å². The van der Waals surface area contributed by atoms with Crippen LogP contribution in [-0.4, -0.2) is 24.0 Å². The third kappa shape index (κ3) is 2.87. The number of amides is 1. The summed E-state index contributed by atoms with van der Waals surface area (Å²) in [5.74, 6) is 0.929. The Kier molecular flexibility index (Phi) is 4.66. The van der Waals surface area contributed by atoms with Crippen molar-refractivity contribution >= 4 is 5.91 Å². The van der Waals surface area contributed by atoms with Gasteiger partial charge in [0.05, 0.1) is 5.54 Å². The number of nitrogens with one attached hydrogen (secondary N) is 2. The molecule has 2 fully saturated rings. The van der Waals surface area contributed by atoms with Crippen molar-refractivity contribution in [1.82, 2.24) is 10.6 Å². The van der Waals surface area contributed by atoms with Crippen LogP contribution in [0.2, 0.25) is 0 Å². The van der Waals surface area contributed by atoms with Crippen molar-refractivity contribution in [3.8, 4) is 0 Å². The van der Waals surface area contributed by atoms with E-state index in [2.05, 4.69) is 24.5 Å². The molecule has 0 spiro atoms. The summed E-state index contributed by atoms with van der Waals surface area (Å²) in [7, 11) is 0. The fourth-order valence-electron chi connectivity index (χ4n) is 3.56. The van der Waals surface area contributed by atoms with Gasteiger partial charge in [0.25, 0.3) is 0 Å². The molecule has 104 valence electrons. The highest BCUT2D eigenvalue weighted by molar-refractivity contribution is 5.86. The Morgan fingerprint density at radius 2 is 2.06 bits per heavy atom. The standard InChI is InChI=1S/C15H28N2O/c1-3-15(10-7-11-16-15)14(18)17-12(2)13-8-5-4-6-9-13/h12-13,16H,3-11H2,1-2H3,(H,17,18)/t12-,15?/m0/s1. The zero-order chi connectivity index (χ0) is 13.0. The molecular weight excluding hydrogens is 224 g/mol. The van der Waals surface area contributed by atoms with E-state index in [1.54, 1.807) is 0 Å². The molecule has 2 aliphatic rings. The van der Waals surface area contributed by atoms with Gasteiger partial charge in [0, 0.05) is 6.04 Å². The maximum absolute atomic E-state index is 12.5. The Morgan fingerprint density at radius 1 is 1.33 bits per heavy atom. The van der Waals surface area contributed by atoms with Gasteiger partial charge in [0.1, 0.15) is 0 Å². The van der Waals surface area contributed by atoms with E-state index in [1.807, 2.05) is 0 Å². The molecule has 1 amide bonds. The van der Waals surface area contributed by atoms with Gasteiger partial charge in [-0.1, -0.05) is 26.2 Å². The van der Waals surface area contributed by atoms with Crippen molar-refractivity contribution in [3.63, 3.8) is 0 Å². The maximum Gasteiger partial charge on any atom is 0.240 e. The quantitative estimate of drug-likeness (QED) is 0.807. The molecule has 0 aromatic rings. The Hall–Kier alpha value is -0.570. The molecule has 3 nitrogen and oxygen atoms in total. The van der Waals surface area contributed by atoms with Crippen LogP contribution in [0.4, 0.5) is 0 Å². The average Bonchev–Trinajstić information content (AvgIpc) is 2.89. The minimum absolute atomic E-state index is 0.237. The molecule has 18 heavy (non-hydrogen) atoms. The molecular formula is C15H28N2O. The smallest absolute Gasteiger partial charge is 0.240 e. The second kappa shape index (κ2) is 6.05. The molecule has 1 heterocycles. The lowest BCUT2D eigenvalue weighted by Crippen LogP contribution is -2.56. The average molecular weight is 252 g/mol. The molecule has 2 rings (SSSR count). The predicted octanol–water partition coefficient (Wildman–Crippen LogP) is 2.60. The van der Waals surface area contributed by atoms with Crippen LogP contribution < -0.4 is 10.6 Å². The SMILES string of the molecule is CCC1(C(=O)N[C@@H](C)C2CCCCC2)CCCN1. The Labute approximate surface area is 111 Å². The number of carbonyl (C=O) groups excluding carboxylic acids is 1. The molecule has 3 heteroatoms. The van der Waals surface area contributed by atoms with Gasteiger partial charge in [-0.15, -0.1) is 0 Å². The second-order valence-corrected chi connectivity index (χ2v) is 6.13. The van der Waals surface area contributed by atoms with Gasteiger partial charge in [-0.05, 0) is 51.5 Å². The van der Waals surface area contributed by atoms with E-state index in [-0.39, 0.29) is 11.4 Å². The third-order valence-corrected chi connectivity index (χ3v) is 5.00. The minimum atomic E-state index is -0.275. The van der Waals surface area contributed by atoms with Crippen molar-refractivity contribution < 1.29 is 4.79 Å². The first-order chi connectivity index (χ1) is 8.68. The van der Waals surface area contributed by atoms with Crippen LogP contribution >= 0.6 is 0 Å². The lowest BCUT2D eigenvalue weighted by molar-refractivity contribution is -0.128. The second-order valence-electron chi connectivity index (χ2n) is 6.13. The largest absolute Gasteiger partial charge is 0.352 e. The van der Waals surface area contributed by atoms with Crippen molar-refractivity contribution in [3.05, 3.63) is 0 Å². The van der Waals surface area contributed by atoms with Gasteiger partial charge < -0.3 is 10.6 Å². The van der Waals surface area contributed by atoms with Crippen LogP contribution in [0.15, 0.2) is 0 Å². The van der Waals surface area contributed by atoms with E-state index in [0.29, 0.717) is 12.0 Å². The summed E-state index contributed by atoms with van der Waals surface area (Å²) >= 11 is 0. The summed E-state index contributed by atoms with van der Waals surface area (Å²) in [6.45, 7) is 5.29. The zero-order valence-corrected chi connectivity index (χ0v) is 11.9. The summed E-state index contributed by atoms with van der Waals surface area (Å²) in [5.41, 5.74) is -0.275. The predicted molar refractivity (Wildman–Crippen MR) is 74.4 cm³/mol. The number of rotatable bonds is 4. The van der Waals surface area contributed by atoms with Crippen LogP contribution in [0.25, 0.3) is 0 Å². The van der Waals surface area contributed by atoms with E-state index < -0.39 is 0 Å². The highest BCUT2D eigenvalue weighted by Crippen LogP contribution is 2.28. The molecule has 2 N–H and O–H groups in total. The van der Waals surface area contributed by atoms with E-state index in [4.69, 9.17) is 0 Å². The Morgan fingerprint density at radius 3 is 2.61 bits per heavy atom. The van der Waals surface area contributed by atoms with Crippen molar-refractivity contribution in [2.24, 2.45) is 5.92 Å². The van der Waals surface area contributed by atoms with Gasteiger partial charge in [-0.3, -0.25) is 4.79 Å². The van der Waals surface area contributed by atoms with Gasteiger partial charge >= 0.3 is 0 Å². The lowest BCUT2D eigenvalue weighted by Gasteiger charge is -2.33. The molecule has 0 radical (unpaired) electrons. The van der Waals surface area contributed by atoms with Gasteiger partial charge in [0.2, 0.25) is 5.91 Å². The van der Waals surface area contributed by atoms with Crippen LogP contribution in [0.5, 0.6) is 0 Å². The van der Waals surface area contributed by atoms with Crippen LogP contribution in [0.1, 0.15) is 65.2 Å². The van der Waals surface area contributed by atoms with Gasteiger partial charge in [0.15, 0.2) is 0 Å². The van der Waals surface area contributed by atoms with Gasteiger partial charge in [-0.25, -0.2) is 0 Å². The normalized spacial score (nSPS) is 31.2. The number of carbonyl (C=O) groups is 1. The molecule has 0 aromatic carbocycles. The summed E-state index contributed by atoms with van der Waals surface area (Å²) in [6, 6.07) is 0.337. The van der Waals surface area contributed by atoms with E-state index >= 15 is 0 Å². The third-order valence-electron chi connectivity index (χ3n) is 5.00. The minimum Gasteiger partial charge on any atom is -0.352 e. The Balaban J connectivity index is 1.89. The summed E-state index contributed by atoms with van der Waals surface area (Å²) in [4.78, 5) is 12.5.